The molecule has 1 atom stereocenters. The van der Waals surface area contributed by atoms with E-state index in [2.05, 4.69) is 5.32 Å². The van der Waals surface area contributed by atoms with Crippen LogP contribution < -0.4 is 5.32 Å². The number of amides is 1. The molecule has 1 aliphatic rings. The standard InChI is InChI=1S/C13H16N2O3/c1-2-13(16)14-8-9-6-10-4-3-5-12(15(17)18)11(10)7-9/h3-5,9H,2,6-8H2,1H3,(H,14,16). The third-order valence-corrected chi connectivity index (χ3v) is 3.36. The SMILES string of the molecule is CCC(=O)NCC1Cc2cccc([N+](=O)[O-])c2C1. The summed E-state index contributed by atoms with van der Waals surface area (Å²) in [5.74, 6) is 0.303. The highest BCUT2D eigenvalue weighted by Crippen LogP contribution is 2.33. The topological polar surface area (TPSA) is 72.2 Å². The molecule has 1 aliphatic carbocycles. The van der Waals surface area contributed by atoms with Crippen molar-refractivity contribution in [2.24, 2.45) is 5.92 Å². The molecule has 0 fully saturated rings. The van der Waals surface area contributed by atoms with Crippen molar-refractivity contribution < 1.29 is 9.72 Å². The molecule has 0 bridgehead atoms. The Morgan fingerprint density at radius 3 is 2.94 bits per heavy atom. The van der Waals surface area contributed by atoms with Crippen molar-refractivity contribution in [2.75, 3.05) is 6.54 Å². The minimum absolute atomic E-state index is 0.0282. The van der Waals surface area contributed by atoms with E-state index in [1.807, 2.05) is 13.0 Å². The Bertz CT molecular complexity index is 485. The molecule has 2 rings (SSSR count). The fourth-order valence-electron chi connectivity index (χ4n) is 2.42. The summed E-state index contributed by atoms with van der Waals surface area (Å²) in [6, 6.07) is 5.21. The van der Waals surface area contributed by atoms with Gasteiger partial charge in [0.15, 0.2) is 0 Å². The Morgan fingerprint density at radius 1 is 1.50 bits per heavy atom. The summed E-state index contributed by atoms with van der Waals surface area (Å²) in [6.07, 6.45) is 1.96. The number of hydrogen-bond donors (Lipinski definition) is 1. The third kappa shape index (κ3) is 2.50. The van der Waals surface area contributed by atoms with Crippen LogP contribution in [-0.4, -0.2) is 17.4 Å². The first-order chi connectivity index (χ1) is 8.61. The van der Waals surface area contributed by atoms with E-state index in [0.29, 0.717) is 19.4 Å². The van der Waals surface area contributed by atoms with Gasteiger partial charge in [0, 0.05) is 24.6 Å². The second-order valence-corrected chi connectivity index (χ2v) is 4.60. The van der Waals surface area contributed by atoms with Crippen LogP contribution in [-0.2, 0) is 17.6 Å². The summed E-state index contributed by atoms with van der Waals surface area (Å²) in [6.45, 7) is 2.40. The predicted molar refractivity (Wildman–Crippen MR) is 67.3 cm³/mol. The van der Waals surface area contributed by atoms with Gasteiger partial charge in [-0.05, 0) is 24.3 Å². The molecule has 0 saturated carbocycles. The monoisotopic (exact) mass is 248 g/mol. The minimum Gasteiger partial charge on any atom is -0.356 e. The van der Waals surface area contributed by atoms with Crippen LogP contribution in [0.2, 0.25) is 0 Å². The lowest BCUT2D eigenvalue weighted by atomic mass is 10.1. The maximum absolute atomic E-state index is 11.2. The molecule has 1 amide bonds. The highest BCUT2D eigenvalue weighted by atomic mass is 16.6. The number of rotatable bonds is 4. The zero-order valence-electron chi connectivity index (χ0n) is 10.3. The summed E-state index contributed by atoms with van der Waals surface area (Å²) < 4.78 is 0. The fourth-order valence-corrected chi connectivity index (χ4v) is 2.42. The van der Waals surface area contributed by atoms with Gasteiger partial charge < -0.3 is 5.32 Å². The molecule has 1 aromatic carbocycles. The Kier molecular flexibility index (Phi) is 3.60. The van der Waals surface area contributed by atoms with E-state index in [1.165, 1.54) is 0 Å². The van der Waals surface area contributed by atoms with Crippen LogP contribution in [0, 0.1) is 16.0 Å². The van der Waals surface area contributed by atoms with E-state index in [-0.39, 0.29) is 22.4 Å². The Balaban J connectivity index is 2.06. The van der Waals surface area contributed by atoms with Crippen LogP contribution in [0.4, 0.5) is 5.69 Å². The van der Waals surface area contributed by atoms with E-state index >= 15 is 0 Å². The summed E-state index contributed by atoms with van der Waals surface area (Å²) in [4.78, 5) is 21.8. The summed E-state index contributed by atoms with van der Waals surface area (Å²) in [5.41, 5.74) is 2.08. The van der Waals surface area contributed by atoms with Crippen LogP contribution >= 0.6 is 0 Å². The largest absolute Gasteiger partial charge is 0.356 e. The van der Waals surface area contributed by atoms with Gasteiger partial charge in [-0.25, -0.2) is 0 Å². The Labute approximate surface area is 105 Å². The molecule has 0 spiro atoms. The Morgan fingerprint density at radius 2 is 2.28 bits per heavy atom. The van der Waals surface area contributed by atoms with E-state index in [4.69, 9.17) is 0 Å². The van der Waals surface area contributed by atoms with Crippen molar-refractivity contribution in [1.82, 2.24) is 5.32 Å². The molecule has 5 nitrogen and oxygen atoms in total. The maximum Gasteiger partial charge on any atom is 0.272 e. The average Bonchev–Trinajstić information content (AvgIpc) is 2.77. The van der Waals surface area contributed by atoms with Crippen LogP contribution in [0.15, 0.2) is 18.2 Å². The number of nitrogens with zero attached hydrogens (tertiary/aromatic N) is 1. The third-order valence-electron chi connectivity index (χ3n) is 3.36. The van der Waals surface area contributed by atoms with Gasteiger partial charge in [0.05, 0.1) is 4.92 Å². The molecular weight excluding hydrogens is 232 g/mol. The van der Waals surface area contributed by atoms with Gasteiger partial charge in [-0.3, -0.25) is 14.9 Å². The van der Waals surface area contributed by atoms with Gasteiger partial charge in [0.2, 0.25) is 5.91 Å². The molecule has 1 aromatic rings. The summed E-state index contributed by atoms with van der Waals surface area (Å²) in [5, 5.41) is 13.8. The molecule has 1 N–H and O–H groups in total. The number of hydrogen-bond acceptors (Lipinski definition) is 3. The molecule has 0 aromatic heterocycles. The molecular formula is C13H16N2O3. The van der Waals surface area contributed by atoms with Crippen molar-refractivity contribution in [3.63, 3.8) is 0 Å². The van der Waals surface area contributed by atoms with Crippen molar-refractivity contribution in [1.29, 1.82) is 0 Å². The number of fused-ring (bicyclic) bond motifs is 1. The molecule has 0 radical (unpaired) electrons. The lowest BCUT2D eigenvalue weighted by Crippen LogP contribution is -2.28. The Hall–Kier alpha value is -1.91. The van der Waals surface area contributed by atoms with Crippen LogP contribution in [0.1, 0.15) is 24.5 Å². The average molecular weight is 248 g/mol. The fraction of sp³-hybridized carbons (Fsp3) is 0.462. The van der Waals surface area contributed by atoms with Crippen molar-refractivity contribution in [3.8, 4) is 0 Å². The number of nitro benzene ring substituents is 1. The number of carbonyl (C=O) groups excluding carboxylic acids is 1. The first-order valence-electron chi connectivity index (χ1n) is 6.13. The van der Waals surface area contributed by atoms with E-state index in [1.54, 1.807) is 12.1 Å². The molecule has 1 unspecified atom stereocenters. The van der Waals surface area contributed by atoms with Gasteiger partial charge in [0.25, 0.3) is 5.69 Å². The van der Waals surface area contributed by atoms with E-state index in [0.717, 1.165) is 17.5 Å². The molecule has 18 heavy (non-hydrogen) atoms. The maximum atomic E-state index is 11.2. The second kappa shape index (κ2) is 5.16. The zero-order chi connectivity index (χ0) is 13.1. The quantitative estimate of drug-likeness (QED) is 0.652. The highest BCUT2D eigenvalue weighted by Gasteiger charge is 2.28. The van der Waals surface area contributed by atoms with Gasteiger partial charge >= 0.3 is 0 Å². The van der Waals surface area contributed by atoms with Gasteiger partial charge in [0.1, 0.15) is 0 Å². The molecule has 96 valence electrons. The van der Waals surface area contributed by atoms with Crippen molar-refractivity contribution in [2.45, 2.75) is 26.2 Å². The zero-order valence-corrected chi connectivity index (χ0v) is 10.3. The number of carbonyl (C=O) groups is 1. The van der Waals surface area contributed by atoms with Crippen LogP contribution in [0.5, 0.6) is 0 Å². The minimum atomic E-state index is -0.328. The first-order valence-corrected chi connectivity index (χ1v) is 6.13. The lowest BCUT2D eigenvalue weighted by molar-refractivity contribution is -0.385. The number of benzene rings is 1. The normalized spacial score (nSPS) is 17.3. The predicted octanol–water partition coefficient (Wildman–Crippen LogP) is 1.84. The highest BCUT2D eigenvalue weighted by molar-refractivity contribution is 5.75. The number of nitro groups is 1. The summed E-state index contributed by atoms with van der Waals surface area (Å²) in [7, 11) is 0. The molecule has 0 saturated heterocycles. The van der Waals surface area contributed by atoms with E-state index in [9.17, 15) is 14.9 Å². The molecule has 5 heteroatoms. The van der Waals surface area contributed by atoms with Crippen molar-refractivity contribution >= 4 is 11.6 Å². The lowest BCUT2D eigenvalue weighted by Gasteiger charge is -2.09. The molecule has 0 heterocycles. The van der Waals surface area contributed by atoms with Gasteiger partial charge in [-0.1, -0.05) is 19.1 Å². The van der Waals surface area contributed by atoms with Crippen LogP contribution in [0.25, 0.3) is 0 Å². The van der Waals surface area contributed by atoms with E-state index < -0.39 is 0 Å². The second-order valence-electron chi connectivity index (χ2n) is 4.60. The van der Waals surface area contributed by atoms with Gasteiger partial charge in [-0.15, -0.1) is 0 Å². The number of nitrogens with one attached hydrogen (secondary N) is 1. The van der Waals surface area contributed by atoms with Crippen molar-refractivity contribution in [3.05, 3.63) is 39.4 Å². The smallest absolute Gasteiger partial charge is 0.272 e. The summed E-state index contributed by atoms with van der Waals surface area (Å²) >= 11 is 0. The van der Waals surface area contributed by atoms with Gasteiger partial charge in [-0.2, -0.15) is 0 Å². The van der Waals surface area contributed by atoms with Crippen LogP contribution in [0.3, 0.4) is 0 Å². The molecule has 0 aliphatic heterocycles. The first kappa shape index (κ1) is 12.5.